The van der Waals surface area contributed by atoms with E-state index >= 15 is 0 Å². The van der Waals surface area contributed by atoms with Gasteiger partial charge in [-0.25, -0.2) is 0 Å². The van der Waals surface area contributed by atoms with Crippen molar-refractivity contribution in [2.45, 2.75) is 80.6 Å². The minimum absolute atomic E-state index is 0.00997. The van der Waals surface area contributed by atoms with Crippen LogP contribution in [0.1, 0.15) is 55.2 Å². The molecule has 2 aromatic rings. The maximum Gasteiger partial charge on any atom is 0.224 e. The van der Waals surface area contributed by atoms with Crippen LogP contribution >= 0.6 is 0 Å². The van der Waals surface area contributed by atoms with Crippen LogP contribution in [0.25, 0.3) is 0 Å². The highest BCUT2D eigenvalue weighted by atomic mass is 16.5. The van der Waals surface area contributed by atoms with E-state index in [1.807, 2.05) is 42.5 Å². The second kappa shape index (κ2) is 7.56. The minimum atomic E-state index is -0.202. The molecule has 5 atom stereocenters. The average molecular weight is 459 g/mol. The molecule has 1 saturated carbocycles. The van der Waals surface area contributed by atoms with Crippen LogP contribution in [0, 0.1) is 5.92 Å². The summed E-state index contributed by atoms with van der Waals surface area (Å²) in [4.78, 5) is 15.8. The molecule has 0 aromatic heterocycles. The molecule has 2 N–H and O–H groups in total. The van der Waals surface area contributed by atoms with Gasteiger partial charge in [-0.15, -0.1) is 0 Å². The smallest absolute Gasteiger partial charge is 0.224 e. The van der Waals surface area contributed by atoms with Crippen LogP contribution in [0.3, 0.4) is 0 Å². The quantitative estimate of drug-likeness (QED) is 0.717. The van der Waals surface area contributed by atoms with Gasteiger partial charge in [-0.3, -0.25) is 9.69 Å². The van der Waals surface area contributed by atoms with E-state index < -0.39 is 0 Å². The van der Waals surface area contributed by atoms with E-state index in [4.69, 9.17) is 4.74 Å². The van der Waals surface area contributed by atoms with E-state index in [1.54, 1.807) is 0 Å². The number of piperidine rings is 1. The molecule has 3 heterocycles. The Labute approximate surface area is 201 Å². The van der Waals surface area contributed by atoms with E-state index in [9.17, 15) is 9.90 Å². The molecule has 2 aliphatic carbocycles. The molecule has 3 aliphatic heterocycles. The Bertz CT molecular complexity index is 1120. The number of aromatic hydroxyl groups is 1. The van der Waals surface area contributed by atoms with E-state index in [2.05, 4.69) is 16.3 Å². The van der Waals surface area contributed by atoms with Crippen molar-refractivity contribution in [3.05, 3.63) is 65.2 Å². The fourth-order valence-electron chi connectivity index (χ4n) is 7.92. The maximum atomic E-state index is 13.1. The minimum Gasteiger partial charge on any atom is -0.508 e. The van der Waals surface area contributed by atoms with Crippen LogP contribution in [0.5, 0.6) is 5.75 Å². The first-order valence-corrected chi connectivity index (χ1v) is 13.1. The number of nitrogens with one attached hydrogen (secondary N) is 1. The van der Waals surface area contributed by atoms with Crippen LogP contribution in [-0.4, -0.2) is 52.8 Å². The van der Waals surface area contributed by atoms with E-state index in [-0.39, 0.29) is 29.1 Å². The monoisotopic (exact) mass is 458 g/mol. The van der Waals surface area contributed by atoms with Crippen LogP contribution < -0.4 is 5.32 Å². The van der Waals surface area contributed by atoms with Crippen molar-refractivity contribution >= 4 is 5.91 Å². The van der Waals surface area contributed by atoms with Gasteiger partial charge in [0.25, 0.3) is 0 Å². The zero-order chi connectivity index (χ0) is 22.9. The summed E-state index contributed by atoms with van der Waals surface area (Å²) in [5.41, 5.74) is 3.32. The number of hydrogen-bond donors (Lipinski definition) is 2. The number of benzene rings is 2. The lowest BCUT2D eigenvalue weighted by Crippen LogP contribution is -2.74. The summed E-state index contributed by atoms with van der Waals surface area (Å²) in [7, 11) is 0. The van der Waals surface area contributed by atoms with E-state index in [0.29, 0.717) is 18.2 Å². The third-order valence-electron chi connectivity index (χ3n) is 9.56. The number of rotatable bonds is 5. The molecule has 0 radical (unpaired) electrons. The van der Waals surface area contributed by atoms with Gasteiger partial charge in [-0.05, 0) is 86.2 Å². The first-order chi connectivity index (χ1) is 16.6. The van der Waals surface area contributed by atoms with Crippen molar-refractivity contribution in [1.29, 1.82) is 0 Å². The molecule has 178 valence electrons. The van der Waals surface area contributed by atoms with Gasteiger partial charge in [-0.1, -0.05) is 36.4 Å². The molecular weight excluding hydrogens is 424 g/mol. The van der Waals surface area contributed by atoms with Gasteiger partial charge in [0.1, 0.15) is 5.75 Å². The number of carbonyl (C=O) groups excluding carboxylic acids is 1. The summed E-state index contributed by atoms with van der Waals surface area (Å²) in [6.07, 6.45) is 8.20. The van der Waals surface area contributed by atoms with Gasteiger partial charge >= 0.3 is 0 Å². The molecule has 1 amide bonds. The summed E-state index contributed by atoms with van der Waals surface area (Å²) in [5, 5.41) is 13.9. The topological polar surface area (TPSA) is 61.8 Å². The summed E-state index contributed by atoms with van der Waals surface area (Å²) in [6.45, 7) is 2.28. The predicted octanol–water partition coefficient (Wildman–Crippen LogP) is 3.72. The number of hydrogen-bond acceptors (Lipinski definition) is 4. The normalized spacial score (nSPS) is 35.9. The zero-order valence-electron chi connectivity index (χ0n) is 19.7. The summed E-state index contributed by atoms with van der Waals surface area (Å²) >= 11 is 0. The highest BCUT2D eigenvalue weighted by molar-refractivity contribution is 5.79. The lowest BCUT2D eigenvalue weighted by atomic mass is 9.51. The number of ether oxygens (including phenoxy) is 1. The fraction of sp³-hybridized carbons (Fsp3) is 0.552. The SMILES string of the molecule is O=C(Cc1ccccc1)N[C@@H]1C[C@]23CCN(CC4CC4)[C@H](Cc4ccc(O)cc42)[C@]32CC[C@@H]1O2. The van der Waals surface area contributed by atoms with Crippen molar-refractivity contribution < 1.29 is 14.6 Å². The molecule has 5 aliphatic rings. The Kier molecular flexibility index (Phi) is 4.66. The fourth-order valence-corrected chi connectivity index (χ4v) is 7.92. The molecule has 2 aromatic carbocycles. The zero-order valence-corrected chi connectivity index (χ0v) is 19.7. The number of nitrogens with zero attached hydrogens (tertiary/aromatic N) is 1. The largest absolute Gasteiger partial charge is 0.508 e. The molecule has 1 spiro atoms. The molecule has 34 heavy (non-hydrogen) atoms. The first-order valence-electron chi connectivity index (χ1n) is 13.1. The Morgan fingerprint density at radius 2 is 1.97 bits per heavy atom. The number of fused-ring (bicyclic) bond motifs is 2. The molecule has 7 rings (SSSR count). The second-order valence-electron chi connectivity index (χ2n) is 11.5. The molecule has 4 fully saturated rings. The Balaban J connectivity index is 1.23. The number of phenolic OH excluding ortho intramolecular Hbond substituents is 1. The van der Waals surface area contributed by atoms with Gasteiger partial charge in [0, 0.05) is 18.0 Å². The van der Waals surface area contributed by atoms with Crippen molar-refractivity contribution in [2.75, 3.05) is 13.1 Å². The molecule has 5 heteroatoms. The summed E-state index contributed by atoms with van der Waals surface area (Å²) < 4.78 is 7.10. The van der Waals surface area contributed by atoms with Gasteiger partial charge in [0.05, 0.1) is 24.2 Å². The van der Waals surface area contributed by atoms with Crippen LogP contribution in [0.4, 0.5) is 0 Å². The Morgan fingerprint density at radius 1 is 1.12 bits per heavy atom. The third-order valence-corrected chi connectivity index (χ3v) is 9.56. The lowest BCUT2D eigenvalue weighted by molar-refractivity contribution is -0.209. The van der Waals surface area contributed by atoms with Gasteiger partial charge < -0.3 is 15.2 Å². The standard InChI is InChI=1S/C29H34N2O3/c32-22-9-8-21-15-26-29-11-10-25(34-29)24(30-27(33)14-19-4-2-1-3-5-19)17-28(29,23(21)16-22)12-13-31(26)18-20-6-7-20/h1-5,8-9,16,20,24-26,32H,6-7,10-15,17-18H2,(H,30,33)/t24-,25+,26-,28-,29-/m1/s1. The summed E-state index contributed by atoms with van der Waals surface area (Å²) in [5.74, 6) is 1.27. The van der Waals surface area contributed by atoms with Crippen LogP contribution in [0.2, 0.25) is 0 Å². The van der Waals surface area contributed by atoms with E-state index in [1.165, 1.54) is 30.5 Å². The highest BCUT2D eigenvalue weighted by Crippen LogP contribution is 2.63. The van der Waals surface area contributed by atoms with Crippen LogP contribution in [-0.2, 0) is 27.8 Å². The molecular formula is C29H34N2O3. The van der Waals surface area contributed by atoms with Gasteiger partial charge in [-0.2, -0.15) is 0 Å². The van der Waals surface area contributed by atoms with Gasteiger partial charge in [0.2, 0.25) is 5.91 Å². The summed E-state index contributed by atoms with van der Waals surface area (Å²) in [6, 6.07) is 16.4. The number of likely N-dealkylation sites (tertiary alicyclic amines) is 1. The van der Waals surface area contributed by atoms with Crippen molar-refractivity contribution in [1.82, 2.24) is 10.2 Å². The molecule has 3 saturated heterocycles. The van der Waals surface area contributed by atoms with E-state index in [0.717, 1.165) is 50.1 Å². The van der Waals surface area contributed by atoms with Crippen molar-refractivity contribution in [2.24, 2.45) is 5.92 Å². The van der Waals surface area contributed by atoms with Crippen molar-refractivity contribution in [3.8, 4) is 5.75 Å². The number of carbonyl (C=O) groups is 1. The second-order valence-corrected chi connectivity index (χ2v) is 11.5. The third kappa shape index (κ3) is 3.09. The van der Waals surface area contributed by atoms with Gasteiger partial charge in [0.15, 0.2) is 0 Å². The molecule has 0 unspecified atom stereocenters. The molecule has 5 nitrogen and oxygen atoms in total. The predicted molar refractivity (Wildman–Crippen MR) is 130 cm³/mol. The maximum absolute atomic E-state index is 13.1. The Hall–Kier alpha value is -2.37. The molecule has 4 bridgehead atoms. The number of phenols is 1. The number of amides is 1. The van der Waals surface area contributed by atoms with Crippen molar-refractivity contribution in [3.63, 3.8) is 0 Å². The first kappa shape index (κ1) is 21.0. The average Bonchev–Trinajstić information content (AvgIpc) is 3.57. The highest BCUT2D eigenvalue weighted by Gasteiger charge is 2.70. The Morgan fingerprint density at radius 3 is 2.79 bits per heavy atom. The lowest BCUT2D eigenvalue weighted by Gasteiger charge is -2.65. The van der Waals surface area contributed by atoms with Crippen LogP contribution in [0.15, 0.2) is 48.5 Å².